The van der Waals surface area contributed by atoms with Crippen LogP contribution in [0.3, 0.4) is 0 Å². The van der Waals surface area contributed by atoms with Crippen LogP contribution >= 0.6 is 0 Å². The van der Waals surface area contributed by atoms with Crippen molar-refractivity contribution >= 4 is 5.97 Å². The smallest absolute Gasteiger partial charge is 0.323 e. The van der Waals surface area contributed by atoms with Gasteiger partial charge in [-0.15, -0.1) is 0 Å². The number of carbonyl (C=O) groups is 1. The lowest BCUT2D eigenvalue weighted by Crippen LogP contribution is -2.47. The molecule has 3 heteroatoms. The number of carboxylic acids is 1. The van der Waals surface area contributed by atoms with Crippen LogP contribution in [0.5, 0.6) is 0 Å². The average Bonchev–Trinajstić information content (AvgIpc) is 2.47. The Hall–Kier alpha value is -0.570. The van der Waals surface area contributed by atoms with Crippen LogP contribution in [-0.2, 0) is 4.79 Å². The molecule has 3 N–H and O–H groups in total. The summed E-state index contributed by atoms with van der Waals surface area (Å²) in [6, 6.07) is 0. The van der Waals surface area contributed by atoms with Crippen molar-refractivity contribution < 1.29 is 9.90 Å². The van der Waals surface area contributed by atoms with Crippen LogP contribution < -0.4 is 5.73 Å². The molecule has 0 aromatic rings. The second-order valence-corrected chi connectivity index (χ2v) is 6.45. The van der Waals surface area contributed by atoms with E-state index in [9.17, 15) is 4.79 Å². The van der Waals surface area contributed by atoms with Gasteiger partial charge in [0.1, 0.15) is 5.54 Å². The third-order valence-electron chi connectivity index (χ3n) is 4.53. The van der Waals surface area contributed by atoms with E-state index in [1.165, 1.54) is 64.2 Å². The van der Waals surface area contributed by atoms with Crippen molar-refractivity contribution in [1.29, 1.82) is 0 Å². The van der Waals surface area contributed by atoms with Gasteiger partial charge in [0.2, 0.25) is 0 Å². The molecule has 0 heterocycles. The minimum absolute atomic E-state index is 0.514. The zero-order valence-electron chi connectivity index (χ0n) is 14.3. The quantitative estimate of drug-likeness (QED) is 0.405. The van der Waals surface area contributed by atoms with Gasteiger partial charge in [-0.1, -0.05) is 90.9 Å². The summed E-state index contributed by atoms with van der Waals surface area (Å²) in [4.78, 5) is 11.1. The number of nitrogens with two attached hydrogens (primary N) is 1. The summed E-state index contributed by atoms with van der Waals surface area (Å²) < 4.78 is 0. The average molecular weight is 299 g/mol. The number of aliphatic carboxylic acids is 1. The molecule has 0 radical (unpaired) electrons. The van der Waals surface area contributed by atoms with Crippen molar-refractivity contribution in [2.24, 2.45) is 5.73 Å². The molecule has 1 unspecified atom stereocenters. The Morgan fingerprint density at radius 3 is 1.52 bits per heavy atom. The summed E-state index contributed by atoms with van der Waals surface area (Å²) >= 11 is 0. The second kappa shape index (κ2) is 13.1. The predicted octanol–water partition coefficient (Wildman–Crippen LogP) is 5.27. The van der Waals surface area contributed by atoms with E-state index in [0.717, 1.165) is 12.8 Å². The van der Waals surface area contributed by atoms with Gasteiger partial charge in [0, 0.05) is 0 Å². The minimum atomic E-state index is -1.00. The van der Waals surface area contributed by atoms with Crippen LogP contribution in [0.4, 0.5) is 0 Å². The van der Waals surface area contributed by atoms with Crippen LogP contribution in [0.1, 0.15) is 104 Å². The molecule has 0 aromatic carbocycles. The highest BCUT2D eigenvalue weighted by Gasteiger charge is 2.30. The zero-order valence-corrected chi connectivity index (χ0v) is 14.3. The molecule has 0 amide bonds. The van der Waals surface area contributed by atoms with Gasteiger partial charge in [-0.05, 0) is 12.8 Å². The van der Waals surface area contributed by atoms with Gasteiger partial charge in [-0.3, -0.25) is 4.79 Å². The molecule has 0 saturated carbocycles. The van der Waals surface area contributed by atoms with Gasteiger partial charge in [0.25, 0.3) is 0 Å². The standard InChI is InChI=1S/C18H37NO2/c1-3-5-6-7-8-9-10-11-12-13-14-15-16-18(19,4-2)17(20)21/h3-16,19H2,1-2H3,(H,20,21). The molecule has 0 spiro atoms. The third kappa shape index (κ3) is 10.8. The molecule has 0 aromatic heterocycles. The summed E-state index contributed by atoms with van der Waals surface area (Å²) in [5.41, 5.74) is 4.87. The minimum Gasteiger partial charge on any atom is -0.480 e. The number of hydrogen-bond acceptors (Lipinski definition) is 2. The van der Waals surface area contributed by atoms with Gasteiger partial charge >= 0.3 is 5.97 Å². The lowest BCUT2D eigenvalue weighted by Gasteiger charge is -2.22. The van der Waals surface area contributed by atoms with Crippen molar-refractivity contribution in [3.8, 4) is 0 Å². The topological polar surface area (TPSA) is 63.3 Å². The lowest BCUT2D eigenvalue weighted by atomic mass is 9.90. The Balaban J connectivity index is 3.31. The summed E-state index contributed by atoms with van der Waals surface area (Å²) in [6.07, 6.45) is 16.6. The van der Waals surface area contributed by atoms with Gasteiger partial charge in [-0.2, -0.15) is 0 Å². The normalized spacial score (nSPS) is 14.0. The lowest BCUT2D eigenvalue weighted by molar-refractivity contribution is -0.143. The molecule has 0 aliphatic heterocycles. The van der Waals surface area contributed by atoms with Crippen LogP contribution in [0.2, 0.25) is 0 Å². The van der Waals surface area contributed by atoms with Crippen LogP contribution in [0, 0.1) is 0 Å². The summed E-state index contributed by atoms with van der Waals surface area (Å²) in [6.45, 7) is 4.11. The summed E-state index contributed by atoms with van der Waals surface area (Å²) in [5.74, 6) is -0.854. The molecular weight excluding hydrogens is 262 g/mol. The first-order valence-corrected chi connectivity index (χ1v) is 9.09. The molecule has 1 atom stereocenters. The van der Waals surface area contributed by atoms with Gasteiger partial charge in [-0.25, -0.2) is 0 Å². The molecule has 3 nitrogen and oxygen atoms in total. The molecular formula is C18H37NO2. The maximum absolute atomic E-state index is 11.1. The van der Waals surface area contributed by atoms with E-state index in [1.807, 2.05) is 6.92 Å². The Bertz CT molecular complexity index is 256. The fourth-order valence-electron chi connectivity index (χ4n) is 2.72. The van der Waals surface area contributed by atoms with Gasteiger partial charge in [0.05, 0.1) is 0 Å². The Morgan fingerprint density at radius 2 is 1.19 bits per heavy atom. The van der Waals surface area contributed by atoms with E-state index in [2.05, 4.69) is 6.92 Å². The first kappa shape index (κ1) is 20.4. The maximum Gasteiger partial charge on any atom is 0.323 e. The SMILES string of the molecule is CCCCCCCCCCCCCCC(N)(CC)C(=O)O. The van der Waals surface area contributed by atoms with E-state index in [4.69, 9.17) is 10.8 Å². The Kier molecular flexibility index (Phi) is 12.8. The first-order valence-electron chi connectivity index (χ1n) is 9.09. The van der Waals surface area contributed by atoms with Crippen molar-refractivity contribution in [3.63, 3.8) is 0 Å². The van der Waals surface area contributed by atoms with Crippen molar-refractivity contribution in [1.82, 2.24) is 0 Å². The highest BCUT2D eigenvalue weighted by Crippen LogP contribution is 2.18. The highest BCUT2D eigenvalue weighted by atomic mass is 16.4. The molecule has 0 aliphatic rings. The molecule has 0 bridgehead atoms. The van der Waals surface area contributed by atoms with Crippen molar-refractivity contribution in [2.75, 3.05) is 0 Å². The van der Waals surface area contributed by atoms with Crippen molar-refractivity contribution in [2.45, 2.75) is 109 Å². The summed E-state index contributed by atoms with van der Waals surface area (Å²) in [5, 5.41) is 9.08. The second-order valence-electron chi connectivity index (χ2n) is 6.45. The number of rotatable bonds is 15. The molecule has 21 heavy (non-hydrogen) atoms. The molecule has 0 rings (SSSR count). The van der Waals surface area contributed by atoms with E-state index in [0.29, 0.717) is 12.8 Å². The molecule has 0 fully saturated rings. The van der Waals surface area contributed by atoms with Crippen molar-refractivity contribution in [3.05, 3.63) is 0 Å². The van der Waals surface area contributed by atoms with Crippen LogP contribution in [-0.4, -0.2) is 16.6 Å². The largest absolute Gasteiger partial charge is 0.480 e. The van der Waals surface area contributed by atoms with E-state index >= 15 is 0 Å². The fourth-order valence-corrected chi connectivity index (χ4v) is 2.72. The third-order valence-corrected chi connectivity index (χ3v) is 4.53. The van der Waals surface area contributed by atoms with E-state index in [1.54, 1.807) is 0 Å². The molecule has 126 valence electrons. The van der Waals surface area contributed by atoms with Crippen LogP contribution in [0.15, 0.2) is 0 Å². The van der Waals surface area contributed by atoms with E-state index < -0.39 is 11.5 Å². The van der Waals surface area contributed by atoms with Crippen LogP contribution in [0.25, 0.3) is 0 Å². The van der Waals surface area contributed by atoms with Gasteiger partial charge in [0.15, 0.2) is 0 Å². The number of hydrogen-bond donors (Lipinski definition) is 2. The molecule has 0 aliphatic carbocycles. The number of carboxylic acid groups (broad SMARTS) is 1. The highest BCUT2D eigenvalue weighted by molar-refractivity contribution is 5.78. The molecule has 0 saturated heterocycles. The maximum atomic E-state index is 11.1. The fraction of sp³-hybridized carbons (Fsp3) is 0.944. The predicted molar refractivity (Wildman–Crippen MR) is 90.5 cm³/mol. The van der Waals surface area contributed by atoms with E-state index in [-0.39, 0.29) is 0 Å². The Morgan fingerprint density at radius 1 is 0.810 bits per heavy atom. The monoisotopic (exact) mass is 299 g/mol. The first-order chi connectivity index (χ1) is 10.1. The summed E-state index contributed by atoms with van der Waals surface area (Å²) in [7, 11) is 0. The zero-order chi connectivity index (χ0) is 16.0. The number of unbranched alkanes of at least 4 members (excludes halogenated alkanes) is 11. The van der Waals surface area contributed by atoms with Gasteiger partial charge < -0.3 is 10.8 Å². The Labute approximate surface area is 131 Å².